The predicted molar refractivity (Wildman–Crippen MR) is 174 cm³/mol. The van der Waals surface area contributed by atoms with Crippen LogP contribution in [-0.4, -0.2) is 61.2 Å². The van der Waals surface area contributed by atoms with Gasteiger partial charge in [0.25, 0.3) is 5.91 Å². The summed E-state index contributed by atoms with van der Waals surface area (Å²) in [6.45, 7) is 3.15. The number of rotatable bonds is 8. The van der Waals surface area contributed by atoms with E-state index in [0.717, 1.165) is 65.9 Å². The summed E-state index contributed by atoms with van der Waals surface area (Å²) in [6.07, 6.45) is 2.99. The van der Waals surface area contributed by atoms with Crippen LogP contribution in [0.2, 0.25) is 15.1 Å². The van der Waals surface area contributed by atoms with Crippen molar-refractivity contribution >= 4 is 52.0 Å². The number of halogens is 5. The van der Waals surface area contributed by atoms with Crippen molar-refractivity contribution in [3.63, 3.8) is 0 Å². The van der Waals surface area contributed by atoms with E-state index in [0.29, 0.717) is 42.6 Å². The Morgan fingerprint density at radius 2 is 1.73 bits per heavy atom. The molecule has 2 N–H and O–H groups in total. The van der Waals surface area contributed by atoms with E-state index in [9.17, 15) is 13.6 Å². The number of hydrogen-bond donors (Lipinski definition) is 2. The third-order valence-electron chi connectivity index (χ3n) is 9.16. The second-order valence-electron chi connectivity index (χ2n) is 12.2. The van der Waals surface area contributed by atoms with E-state index >= 15 is 0 Å². The molecule has 2 saturated heterocycles. The van der Waals surface area contributed by atoms with E-state index in [1.54, 1.807) is 6.07 Å². The van der Waals surface area contributed by atoms with Crippen LogP contribution < -0.4 is 20.3 Å². The summed E-state index contributed by atoms with van der Waals surface area (Å²) in [5.41, 5.74) is 4.74. The van der Waals surface area contributed by atoms with E-state index < -0.39 is 11.6 Å². The molecule has 11 heteroatoms. The van der Waals surface area contributed by atoms with Gasteiger partial charge in [-0.3, -0.25) is 4.79 Å². The Kier molecular flexibility index (Phi) is 8.70. The lowest BCUT2D eigenvalue weighted by atomic mass is 9.83. The SMILES string of the molecule is O=C(C1=C(c2ccc(N3CC[C@@H](Oc4c(F)ccc(F)c4Cl)C3)cc2)C[C@@H]2CNC[C@H]1N2)N(Cc1cccc(Cl)c1Cl)C1CC1. The third-order valence-corrected chi connectivity index (χ3v) is 10.4. The average Bonchev–Trinajstić information content (AvgIpc) is 3.78. The first-order valence-electron chi connectivity index (χ1n) is 15.4. The van der Waals surface area contributed by atoms with Gasteiger partial charge in [-0.15, -0.1) is 0 Å². The molecule has 1 amide bonds. The first-order chi connectivity index (χ1) is 21.8. The van der Waals surface area contributed by atoms with Gasteiger partial charge < -0.3 is 25.2 Å². The summed E-state index contributed by atoms with van der Waals surface area (Å²) in [7, 11) is 0. The lowest BCUT2D eigenvalue weighted by Gasteiger charge is -2.41. The maximum absolute atomic E-state index is 14.4. The summed E-state index contributed by atoms with van der Waals surface area (Å²) in [5, 5.41) is 7.80. The van der Waals surface area contributed by atoms with Crippen molar-refractivity contribution in [2.45, 2.75) is 56.5 Å². The second kappa shape index (κ2) is 12.7. The van der Waals surface area contributed by atoms with Crippen LogP contribution >= 0.6 is 34.8 Å². The fourth-order valence-electron chi connectivity index (χ4n) is 6.72. The maximum atomic E-state index is 14.4. The molecule has 7 rings (SSSR count). The predicted octanol–water partition coefficient (Wildman–Crippen LogP) is 6.86. The second-order valence-corrected chi connectivity index (χ2v) is 13.4. The number of piperazine rings is 1. The van der Waals surface area contributed by atoms with Gasteiger partial charge in [-0.1, -0.05) is 59.1 Å². The molecule has 0 spiro atoms. The number of amides is 1. The van der Waals surface area contributed by atoms with Crippen molar-refractivity contribution in [1.82, 2.24) is 15.5 Å². The number of fused-ring (bicyclic) bond motifs is 2. The molecule has 4 aliphatic rings. The number of anilines is 1. The zero-order valence-corrected chi connectivity index (χ0v) is 26.7. The molecule has 0 unspecified atom stereocenters. The molecule has 3 fully saturated rings. The molecule has 236 valence electrons. The topological polar surface area (TPSA) is 56.8 Å². The zero-order chi connectivity index (χ0) is 31.2. The number of carbonyl (C=O) groups is 1. The summed E-state index contributed by atoms with van der Waals surface area (Å²) in [6, 6.07) is 16.2. The maximum Gasteiger partial charge on any atom is 0.252 e. The van der Waals surface area contributed by atoms with Crippen LogP contribution in [0, 0.1) is 11.6 Å². The molecule has 3 aromatic carbocycles. The number of hydrogen-bond acceptors (Lipinski definition) is 5. The smallest absolute Gasteiger partial charge is 0.252 e. The van der Waals surface area contributed by atoms with Gasteiger partial charge in [-0.05, 0) is 66.3 Å². The monoisotopic (exact) mass is 672 g/mol. The van der Waals surface area contributed by atoms with Crippen LogP contribution in [0.15, 0.2) is 60.2 Å². The summed E-state index contributed by atoms with van der Waals surface area (Å²) < 4.78 is 34.0. The molecule has 0 aromatic heterocycles. The number of nitrogens with one attached hydrogen (secondary N) is 2. The van der Waals surface area contributed by atoms with Crippen LogP contribution in [0.4, 0.5) is 14.5 Å². The molecule has 3 aliphatic heterocycles. The van der Waals surface area contributed by atoms with Crippen LogP contribution in [0.25, 0.3) is 5.57 Å². The lowest BCUT2D eigenvalue weighted by molar-refractivity contribution is -0.128. The molecule has 0 radical (unpaired) electrons. The number of benzene rings is 3. The van der Waals surface area contributed by atoms with Crippen molar-refractivity contribution in [2.24, 2.45) is 0 Å². The van der Waals surface area contributed by atoms with Crippen LogP contribution in [0.1, 0.15) is 36.8 Å². The quantitative estimate of drug-likeness (QED) is 0.256. The Morgan fingerprint density at radius 1 is 0.956 bits per heavy atom. The number of nitrogens with zero attached hydrogens (tertiary/aromatic N) is 2. The van der Waals surface area contributed by atoms with E-state index in [1.165, 1.54) is 0 Å². The fraction of sp³-hybridized carbons (Fsp3) is 0.382. The zero-order valence-electron chi connectivity index (χ0n) is 24.5. The highest BCUT2D eigenvalue weighted by atomic mass is 35.5. The van der Waals surface area contributed by atoms with Crippen molar-refractivity contribution in [1.29, 1.82) is 0 Å². The van der Waals surface area contributed by atoms with E-state index in [2.05, 4.69) is 39.8 Å². The third kappa shape index (κ3) is 6.28. The molecule has 45 heavy (non-hydrogen) atoms. The van der Waals surface area contributed by atoms with E-state index in [4.69, 9.17) is 39.5 Å². The minimum Gasteiger partial charge on any atom is -0.484 e. The molecule has 3 aromatic rings. The molecule has 3 atom stereocenters. The average molecular weight is 674 g/mol. The number of carbonyl (C=O) groups excluding carboxylic acids is 1. The molecule has 1 saturated carbocycles. The van der Waals surface area contributed by atoms with Crippen LogP contribution in [-0.2, 0) is 11.3 Å². The van der Waals surface area contributed by atoms with Gasteiger partial charge in [0, 0.05) is 55.9 Å². The first-order valence-corrected chi connectivity index (χ1v) is 16.5. The Bertz CT molecular complexity index is 1650. The highest BCUT2D eigenvalue weighted by Crippen LogP contribution is 2.38. The lowest BCUT2D eigenvalue weighted by Crippen LogP contribution is -2.60. The van der Waals surface area contributed by atoms with Crippen molar-refractivity contribution in [3.05, 3.63) is 98.0 Å². The standard InChI is InChI=1S/C34H33Cl3F2N4O2/c35-26-3-1-2-20(31(26)36)17-43(23-8-9-23)34(44)30-25(14-21-15-40-16-29(30)41-21)19-4-6-22(7-5-19)42-13-12-24(18-42)45-33-28(39)11-10-27(38)32(33)37/h1-7,10-11,21,23-24,29,40-41H,8-9,12-18H2/t21-,24-,29-/m1/s1. The van der Waals surface area contributed by atoms with Crippen LogP contribution in [0.3, 0.4) is 0 Å². The molecule has 3 heterocycles. The van der Waals surface area contributed by atoms with Crippen molar-refractivity contribution in [2.75, 3.05) is 31.1 Å². The first kappa shape index (κ1) is 30.8. The normalized spacial score (nSPS) is 23.0. The Balaban J connectivity index is 1.13. The van der Waals surface area contributed by atoms with Gasteiger partial charge in [-0.25, -0.2) is 8.78 Å². The minimum absolute atomic E-state index is 0.0371. The van der Waals surface area contributed by atoms with Gasteiger partial charge >= 0.3 is 0 Å². The fourth-order valence-corrected chi connectivity index (χ4v) is 7.29. The van der Waals surface area contributed by atoms with Gasteiger partial charge in [0.05, 0.1) is 22.6 Å². The molecular formula is C34H33Cl3F2N4O2. The van der Waals surface area contributed by atoms with Crippen LogP contribution in [0.5, 0.6) is 5.75 Å². The van der Waals surface area contributed by atoms with E-state index in [-0.39, 0.29) is 40.9 Å². The largest absolute Gasteiger partial charge is 0.484 e. The molecule has 1 aliphatic carbocycles. The Morgan fingerprint density at radius 3 is 2.51 bits per heavy atom. The Hall–Kier alpha value is -2.88. The van der Waals surface area contributed by atoms with Crippen molar-refractivity contribution < 1.29 is 18.3 Å². The van der Waals surface area contributed by atoms with Gasteiger partial charge in [-0.2, -0.15) is 0 Å². The Labute approximate surface area is 276 Å². The molecule has 6 nitrogen and oxygen atoms in total. The van der Waals surface area contributed by atoms with Crippen molar-refractivity contribution in [3.8, 4) is 5.75 Å². The number of ether oxygens (including phenoxy) is 1. The minimum atomic E-state index is -0.711. The van der Waals surface area contributed by atoms with E-state index in [1.807, 2.05) is 17.0 Å². The highest BCUT2D eigenvalue weighted by molar-refractivity contribution is 6.42. The van der Waals surface area contributed by atoms with Gasteiger partial charge in [0.1, 0.15) is 16.9 Å². The summed E-state index contributed by atoms with van der Waals surface area (Å²) in [5.74, 6) is -1.60. The molecular weight excluding hydrogens is 641 g/mol. The summed E-state index contributed by atoms with van der Waals surface area (Å²) in [4.78, 5) is 18.6. The van der Waals surface area contributed by atoms with Gasteiger partial charge in [0.2, 0.25) is 0 Å². The van der Waals surface area contributed by atoms with Gasteiger partial charge in [0.15, 0.2) is 11.6 Å². The molecule has 2 bridgehead atoms. The summed E-state index contributed by atoms with van der Waals surface area (Å²) >= 11 is 18.8. The highest BCUT2D eigenvalue weighted by Gasteiger charge is 2.41.